The zero-order valence-corrected chi connectivity index (χ0v) is 12.8. The van der Waals surface area contributed by atoms with Crippen molar-refractivity contribution in [1.82, 2.24) is 4.42 Å². The van der Waals surface area contributed by atoms with E-state index < -0.39 is 0 Å². The number of nitrogens with zero attached hydrogens (tertiary/aromatic N) is 1. The van der Waals surface area contributed by atoms with E-state index in [1.807, 2.05) is 16.6 Å². The predicted molar refractivity (Wildman–Crippen MR) is 83.2 cm³/mol. The standard InChI is InChI=1S/C17H22ClNO/c1-20-15-8-6-13(7-9-15)12-17-16-5-3-2-4-14(16)10-11-19(17)18/h6-9,17H,2-5,10-12H2,1H3. The number of ether oxygens (including phenoxy) is 1. The Bertz CT molecular complexity index is 494. The second-order valence-electron chi connectivity index (χ2n) is 5.78. The lowest BCUT2D eigenvalue weighted by molar-refractivity contribution is 0.331. The van der Waals surface area contributed by atoms with Crippen molar-refractivity contribution in [2.45, 2.75) is 44.6 Å². The van der Waals surface area contributed by atoms with Crippen molar-refractivity contribution >= 4 is 11.8 Å². The van der Waals surface area contributed by atoms with Gasteiger partial charge in [0.2, 0.25) is 0 Å². The van der Waals surface area contributed by atoms with Gasteiger partial charge >= 0.3 is 0 Å². The van der Waals surface area contributed by atoms with Gasteiger partial charge in [-0.15, -0.1) is 0 Å². The van der Waals surface area contributed by atoms with E-state index in [0.717, 1.165) is 25.1 Å². The molecule has 20 heavy (non-hydrogen) atoms. The molecule has 0 saturated heterocycles. The summed E-state index contributed by atoms with van der Waals surface area (Å²) in [7, 11) is 1.70. The molecule has 3 heteroatoms. The van der Waals surface area contributed by atoms with Crippen LogP contribution in [0.1, 0.15) is 37.7 Å². The maximum atomic E-state index is 6.49. The molecule has 0 fully saturated rings. The predicted octanol–water partition coefficient (Wildman–Crippen LogP) is 4.34. The number of rotatable bonds is 3. The Labute approximate surface area is 126 Å². The summed E-state index contributed by atoms with van der Waals surface area (Å²) < 4.78 is 7.24. The molecule has 1 unspecified atom stereocenters. The SMILES string of the molecule is COc1ccc(CC2C3=C(CCCC3)CCN2Cl)cc1. The molecule has 0 amide bonds. The van der Waals surface area contributed by atoms with Crippen LogP contribution in [0.5, 0.6) is 5.75 Å². The lowest BCUT2D eigenvalue weighted by Gasteiger charge is -2.37. The van der Waals surface area contributed by atoms with Crippen molar-refractivity contribution in [3.63, 3.8) is 0 Å². The third-order valence-corrected chi connectivity index (χ3v) is 4.99. The molecule has 0 radical (unpaired) electrons. The Kier molecular flexibility index (Phi) is 4.32. The molecule has 1 aromatic carbocycles. The van der Waals surface area contributed by atoms with Crippen molar-refractivity contribution in [1.29, 1.82) is 0 Å². The third-order valence-electron chi connectivity index (χ3n) is 4.58. The minimum atomic E-state index is 0.383. The van der Waals surface area contributed by atoms with Crippen LogP contribution in [0, 0.1) is 0 Å². The average Bonchev–Trinajstić information content (AvgIpc) is 2.51. The van der Waals surface area contributed by atoms with Crippen molar-refractivity contribution < 1.29 is 4.74 Å². The highest BCUT2D eigenvalue weighted by Crippen LogP contribution is 2.37. The van der Waals surface area contributed by atoms with Crippen LogP contribution in [0.4, 0.5) is 0 Å². The number of hydrogen-bond donors (Lipinski definition) is 0. The van der Waals surface area contributed by atoms with Gasteiger partial charge in [0.1, 0.15) is 5.75 Å². The zero-order chi connectivity index (χ0) is 13.9. The molecule has 0 saturated carbocycles. The Morgan fingerprint density at radius 3 is 2.65 bits per heavy atom. The van der Waals surface area contributed by atoms with Crippen LogP contribution in [0.15, 0.2) is 35.4 Å². The van der Waals surface area contributed by atoms with Crippen LogP contribution in [0.25, 0.3) is 0 Å². The molecule has 2 aliphatic rings. The normalized spacial score (nSPS) is 23.6. The van der Waals surface area contributed by atoms with Crippen LogP contribution in [-0.2, 0) is 6.42 Å². The van der Waals surface area contributed by atoms with Crippen LogP contribution in [-0.4, -0.2) is 24.1 Å². The lowest BCUT2D eigenvalue weighted by atomic mass is 9.81. The molecule has 0 bridgehead atoms. The van der Waals surface area contributed by atoms with Gasteiger partial charge in [0.05, 0.1) is 13.2 Å². The molecule has 2 nitrogen and oxygen atoms in total. The summed E-state index contributed by atoms with van der Waals surface area (Å²) in [5.74, 6) is 0.915. The Morgan fingerprint density at radius 1 is 1.15 bits per heavy atom. The van der Waals surface area contributed by atoms with Crippen LogP contribution in [0.3, 0.4) is 0 Å². The fourth-order valence-corrected chi connectivity index (χ4v) is 3.72. The molecule has 0 spiro atoms. The average molecular weight is 292 g/mol. The van der Waals surface area contributed by atoms with Crippen molar-refractivity contribution in [2.75, 3.05) is 13.7 Å². The van der Waals surface area contributed by atoms with Crippen molar-refractivity contribution in [3.05, 3.63) is 41.0 Å². The van der Waals surface area contributed by atoms with Crippen LogP contribution >= 0.6 is 11.8 Å². The maximum absolute atomic E-state index is 6.49. The fraction of sp³-hybridized carbons (Fsp3) is 0.529. The monoisotopic (exact) mass is 291 g/mol. The van der Waals surface area contributed by atoms with E-state index in [0.29, 0.717) is 6.04 Å². The number of benzene rings is 1. The quantitative estimate of drug-likeness (QED) is 0.607. The summed E-state index contributed by atoms with van der Waals surface area (Å²) in [5.41, 5.74) is 4.64. The van der Waals surface area contributed by atoms with E-state index in [4.69, 9.17) is 16.5 Å². The zero-order valence-electron chi connectivity index (χ0n) is 12.1. The summed E-state index contributed by atoms with van der Waals surface area (Å²) in [6.07, 6.45) is 7.38. The number of methoxy groups -OCH3 is 1. The van der Waals surface area contributed by atoms with Gasteiger partial charge in [0.25, 0.3) is 0 Å². The Morgan fingerprint density at radius 2 is 1.90 bits per heavy atom. The van der Waals surface area contributed by atoms with Gasteiger partial charge in [0.15, 0.2) is 0 Å². The summed E-state index contributed by atoms with van der Waals surface area (Å²) in [4.78, 5) is 0. The maximum Gasteiger partial charge on any atom is 0.118 e. The van der Waals surface area contributed by atoms with Gasteiger partial charge in [-0.1, -0.05) is 23.3 Å². The molecule has 1 aliphatic heterocycles. The Hall–Kier alpha value is -0.990. The largest absolute Gasteiger partial charge is 0.497 e. The highest BCUT2D eigenvalue weighted by Gasteiger charge is 2.29. The van der Waals surface area contributed by atoms with Gasteiger partial charge in [-0.05, 0) is 68.0 Å². The first-order chi connectivity index (χ1) is 9.78. The first-order valence-corrected chi connectivity index (χ1v) is 7.88. The summed E-state index contributed by atoms with van der Waals surface area (Å²) in [6.45, 7) is 0.987. The van der Waals surface area contributed by atoms with Gasteiger partial charge in [0, 0.05) is 6.54 Å². The molecule has 3 rings (SSSR count). The summed E-state index contributed by atoms with van der Waals surface area (Å²) in [5, 5.41) is 0. The van der Waals surface area contributed by atoms with E-state index in [1.54, 1.807) is 18.3 Å². The van der Waals surface area contributed by atoms with Crippen molar-refractivity contribution in [2.24, 2.45) is 0 Å². The number of hydrogen-bond acceptors (Lipinski definition) is 2. The van der Waals surface area contributed by atoms with E-state index in [9.17, 15) is 0 Å². The van der Waals surface area contributed by atoms with Gasteiger partial charge in [-0.25, -0.2) is 4.42 Å². The molecule has 1 aliphatic carbocycles. The fourth-order valence-electron chi connectivity index (χ4n) is 3.45. The molecule has 1 aromatic rings. The van der Waals surface area contributed by atoms with Crippen molar-refractivity contribution in [3.8, 4) is 5.75 Å². The molecule has 0 aromatic heterocycles. The highest BCUT2D eigenvalue weighted by atomic mass is 35.5. The highest BCUT2D eigenvalue weighted by molar-refractivity contribution is 6.13. The molecule has 0 N–H and O–H groups in total. The minimum Gasteiger partial charge on any atom is -0.497 e. The van der Waals surface area contributed by atoms with E-state index >= 15 is 0 Å². The first kappa shape index (κ1) is 14.0. The second-order valence-corrected chi connectivity index (χ2v) is 6.21. The molecular weight excluding hydrogens is 270 g/mol. The van der Waals surface area contributed by atoms with E-state index in [1.165, 1.54) is 31.2 Å². The third kappa shape index (κ3) is 2.87. The number of halogens is 1. The molecular formula is C17H22ClNO. The van der Waals surface area contributed by atoms with E-state index in [-0.39, 0.29) is 0 Å². The minimum absolute atomic E-state index is 0.383. The summed E-state index contributed by atoms with van der Waals surface area (Å²) >= 11 is 6.49. The van der Waals surface area contributed by atoms with Gasteiger partial charge in [-0.3, -0.25) is 0 Å². The molecule has 108 valence electrons. The van der Waals surface area contributed by atoms with Gasteiger partial charge in [-0.2, -0.15) is 0 Å². The second kappa shape index (κ2) is 6.19. The van der Waals surface area contributed by atoms with Gasteiger partial charge < -0.3 is 4.74 Å². The smallest absolute Gasteiger partial charge is 0.118 e. The summed E-state index contributed by atoms with van der Waals surface area (Å²) in [6, 6.07) is 8.76. The first-order valence-electron chi connectivity index (χ1n) is 7.54. The lowest BCUT2D eigenvalue weighted by Crippen LogP contribution is -2.37. The molecule has 1 heterocycles. The van der Waals surface area contributed by atoms with Crippen LogP contribution in [0.2, 0.25) is 0 Å². The Balaban J connectivity index is 1.79. The van der Waals surface area contributed by atoms with Crippen LogP contribution < -0.4 is 4.74 Å². The topological polar surface area (TPSA) is 12.5 Å². The molecule has 1 atom stereocenters. The van der Waals surface area contributed by atoms with E-state index in [2.05, 4.69) is 12.1 Å².